The first-order chi connectivity index (χ1) is 27.3. The summed E-state index contributed by atoms with van der Waals surface area (Å²) in [6.45, 7) is 17.3. The lowest BCUT2D eigenvalue weighted by Gasteiger charge is -2.41. The third-order valence-electron chi connectivity index (χ3n) is 12.1. The van der Waals surface area contributed by atoms with Gasteiger partial charge in [-0.05, 0) is 42.6 Å². The van der Waals surface area contributed by atoms with Crippen molar-refractivity contribution in [3.8, 4) is 0 Å². The standard InChI is InChI=1S/C44H73N5O9/c1-14-28(7)38(48(11)43(54)36(26(3)4)46-41(52)37(27(5)6)47(10)42(53)29(8)15-2)34(57-12)25-35(50)49-23-19-22-33(49)39(58-13)30(9)40(51)45-32(44(55)56)24-31-20-17-16-18-21-31/h16-18,20-21,26-30,32-34,36-39H,14-15,19,22-25H2,1-13H3,(H,45,51)(H,46,52)(H,55,56)/t28-,29-,30+,32-,33-,34+,36-,37-,38-,39+/m0/s1. The lowest BCUT2D eigenvalue weighted by molar-refractivity contribution is -0.149. The van der Waals surface area contributed by atoms with Gasteiger partial charge in [0.2, 0.25) is 29.5 Å². The maximum absolute atomic E-state index is 14.4. The van der Waals surface area contributed by atoms with Gasteiger partial charge in [0.05, 0.1) is 36.6 Å². The van der Waals surface area contributed by atoms with E-state index in [0.29, 0.717) is 32.2 Å². The van der Waals surface area contributed by atoms with E-state index in [2.05, 4.69) is 10.6 Å². The Morgan fingerprint density at radius 2 is 1.45 bits per heavy atom. The van der Waals surface area contributed by atoms with Crippen LogP contribution in [0.4, 0.5) is 0 Å². The number of ether oxygens (including phenoxy) is 2. The van der Waals surface area contributed by atoms with Gasteiger partial charge >= 0.3 is 5.97 Å². The molecule has 1 aliphatic rings. The molecule has 0 unspecified atom stereocenters. The van der Waals surface area contributed by atoms with Crippen molar-refractivity contribution in [3.05, 3.63) is 35.9 Å². The molecule has 0 aliphatic carbocycles. The van der Waals surface area contributed by atoms with E-state index in [0.717, 1.165) is 5.56 Å². The number of hydrogen-bond donors (Lipinski definition) is 3. The fourth-order valence-corrected chi connectivity index (χ4v) is 8.22. The topological polar surface area (TPSA) is 175 Å². The zero-order valence-electron chi connectivity index (χ0n) is 37.3. The molecule has 58 heavy (non-hydrogen) atoms. The number of rotatable bonds is 23. The molecule has 0 aromatic heterocycles. The average Bonchev–Trinajstić information content (AvgIpc) is 3.68. The molecule has 5 amide bonds. The highest BCUT2D eigenvalue weighted by molar-refractivity contribution is 5.93. The van der Waals surface area contributed by atoms with Gasteiger partial charge in [-0.2, -0.15) is 0 Å². The first-order valence-electron chi connectivity index (χ1n) is 21.0. The van der Waals surface area contributed by atoms with Gasteiger partial charge in [0.1, 0.15) is 18.1 Å². The minimum atomic E-state index is -1.15. The number of nitrogens with zero attached hydrogens (tertiary/aromatic N) is 3. The second-order valence-electron chi connectivity index (χ2n) is 16.9. The van der Waals surface area contributed by atoms with Crippen LogP contribution in [0.2, 0.25) is 0 Å². The molecule has 1 aromatic rings. The highest BCUT2D eigenvalue weighted by atomic mass is 16.5. The Kier molecular flexibility index (Phi) is 20.3. The van der Waals surface area contributed by atoms with Crippen molar-refractivity contribution < 1.29 is 43.3 Å². The summed E-state index contributed by atoms with van der Waals surface area (Å²) in [6.07, 6.45) is 1.24. The number of carboxylic acid groups (broad SMARTS) is 1. The molecule has 14 heteroatoms. The van der Waals surface area contributed by atoms with Crippen molar-refractivity contribution >= 4 is 35.5 Å². The summed E-state index contributed by atoms with van der Waals surface area (Å²) in [5.41, 5.74) is 0.775. The van der Waals surface area contributed by atoms with E-state index in [-0.39, 0.29) is 54.2 Å². The highest BCUT2D eigenvalue weighted by Crippen LogP contribution is 2.30. The minimum absolute atomic E-state index is 0.0501. The fraction of sp³-hybridized carbons (Fsp3) is 0.727. The molecule has 1 heterocycles. The molecule has 10 atom stereocenters. The van der Waals surface area contributed by atoms with Gasteiger partial charge in [-0.1, -0.05) is 99.1 Å². The van der Waals surface area contributed by atoms with Crippen molar-refractivity contribution in [1.29, 1.82) is 0 Å². The van der Waals surface area contributed by atoms with E-state index >= 15 is 0 Å². The van der Waals surface area contributed by atoms with Gasteiger partial charge in [0, 0.05) is 47.2 Å². The van der Waals surface area contributed by atoms with Crippen LogP contribution in [-0.4, -0.2) is 133 Å². The number of carboxylic acids is 1. The van der Waals surface area contributed by atoms with Gasteiger partial charge in [0.25, 0.3) is 0 Å². The lowest BCUT2D eigenvalue weighted by atomic mass is 9.89. The van der Waals surface area contributed by atoms with Gasteiger partial charge < -0.3 is 39.9 Å². The fourth-order valence-electron chi connectivity index (χ4n) is 8.22. The zero-order chi connectivity index (χ0) is 44.0. The summed E-state index contributed by atoms with van der Waals surface area (Å²) < 4.78 is 11.9. The molecule has 1 aromatic carbocycles. The van der Waals surface area contributed by atoms with Crippen LogP contribution in [-0.2, 0) is 44.7 Å². The molecule has 1 aliphatic heterocycles. The van der Waals surface area contributed by atoms with Crippen LogP contribution in [0.5, 0.6) is 0 Å². The Morgan fingerprint density at radius 1 is 0.828 bits per heavy atom. The molecule has 0 bridgehead atoms. The molecule has 0 saturated carbocycles. The molecule has 328 valence electrons. The van der Waals surface area contributed by atoms with Crippen LogP contribution in [0.15, 0.2) is 30.3 Å². The van der Waals surface area contributed by atoms with Crippen molar-refractivity contribution in [1.82, 2.24) is 25.3 Å². The molecule has 1 saturated heterocycles. The first kappa shape index (κ1) is 50.1. The van der Waals surface area contributed by atoms with Crippen LogP contribution in [0, 0.1) is 29.6 Å². The van der Waals surface area contributed by atoms with Crippen LogP contribution in [0.3, 0.4) is 0 Å². The summed E-state index contributed by atoms with van der Waals surface area (Å²) in [4.78, 5) is 86.1. The van der Waals surface area contributed by atoms with E-state index in [1.165, 1.54) is 19.1 Å². The summed E-state index contributed by atoms with van der Waals surface area (Å²) in [5, 5.41) is 15.6. The first-order valence-corrected chi connectivity index (χ1v) is 21.0. The number of nitrogens with one attached hydrogen (secondary N) is 2. The second-order valence-corrected chi connectivity index (χ2v) is 16.9. The van der Waals surface area contributed by atoms with Crippen molar-refractivity contribution in [2.75, 3.05) is 34.9 Å². The third kappa shape index (κ3) is 13.0. The molecule has 1 fully saturated rings. The SMILES string of the molecule is CC[C@H](C)C(=O)N(C)[C@H](C(=O)N[C@H](C(=O)N(C)[C@@H]([C@@H](C)CC)[C@@H](CC(=O)N1CCC[C@H]1[C@H](OC)[C@@H](C)C(=O)N[C@@H](Cc1ccccc1)C(=O)O)OC)C(C)C)C(C)C. The van der Waals surface area contributed by atoms with Crippen LogP contribution in [0.1, 0.15) is 100.0 Å². The van der Waals surface area contributed by atoms with Gasteiger partial charge in [0.15, 0.2) is 0 Å². The summed E-state index contributed by atoms with van der Waals surface area (Å²) >= 11 is 0. The number of likely N-dealkylation sites (N-methyl/N-ethyl adjacent to an activating group) is 2. The van der Waals surface area contributed by atoms with Crippen molar-refractivity contribution in [2.45, 2.75) is 143 Å². The Morgan fingerprint density at radius 3 is 1.95 bits per heavy atom. The monoisotopic (exact) mass is 816 g/mol. The number of methoxy groups -OCH3 is 2. The number of carbonyl (C=O) groups is 6. The van der Waals surface area contributed by atoms with Crippen molar-refractivity contribution in [3.63, 3.8) is 0 Å². The second kappa shape index (κ2) is 23.5. The number of hydrogen-bond acceptors (Lipinski definition) is 8. The Hall–Kier alpha value is -4.04. The van der Waals surface area contributed by atoms with Crippen molar-refractivity contribution in [2.24, 2.45) is 29.6 Å². The quantitative estimate of drug-likeness (QED) is 0.145. The molecule has 14 nitrogen and oxygen atoms in total. The average molecular weight is 816 g/mol. The van der Waals surface area contributed by atoms with E-state index < -0.39 is 66.1 Å². The van der Waals surface area contributed by atoms with Crippen LogP contribution < -0.4 is 10.6 Å². The maximum Gasteiger partial charge on any atom is 0.326 e. The number of likely N-dealkylation sites (tertiary alicyclic amines) is 1. The van der Waals surface area contributed by atoms with Gasteiger partial charge in [-0.3, -0.25) is 24.0 Å². The summed E-state index contributed by atoms with van der Waals surface area (Å²) in [5.74, 6) is -4.33. The van der Waals surface area contributed by atoms with E-state index in [4.69, 9.17) is 9.47 Å². The van der Waals surface area contributed by atoms with Gasteiger partial charge in [-0.15, -0.1) is 0 Å². The molecular formula is C44H73N5O9. The zero-order valence-corrected chi connectivity index (χ0v) is 37.3. The lowest BCUT2D eigenvalue weighted by Crippen LogP contribution is -2.60. The van der Waals surface area contributed by atoms with Crippen LogP contribution in [0.25, 0.3) is 0 Å². The number of aliphatic carboxylic acids is 1. The largest absolute Gasteiger partial charge is 0.480 e. The predicted octanol–water partition coefficient (Wildman–Crippen LogP) is 4.39. The molecule has 0 spiro atoms. The molecular weight excluding hydrogens is 743 g/mol. The summed E-state index contributed by atoms with van der Waals surface area (Å²) in [7, 11) is 6.32. The molecule has 3 N–H and O–H groups in total. The number of amides is 5. The Bertz CT molecular complexity index is 1510. The highest BCUT2D eigenvalue weighted by Gasteiger charge is 2.44. The Labute approximate surface area is 347 Å². The van der Waals surface area contributed by atoms with Crippen LogP contribution >= 0.6 is 0 Å². The molecule has 2 rings (SSSR count). The molecule has 0 radical (unpaired) electrons. The minimum Gasteiger partial charge on any atom is -0.480 e. The maximum atomic E-state index is 14.4. The number of benzene rings is 1. The normalized spacial score (nSPS) is 18.9. The predicted molar refractivity (Wildman–Crippen MR) is 223 cm³/mol. The Balaban J connectivity index is 2.30. The summed E-state index contributed by atoms with van der Waals surface area (Å²) in [6, 6.07) is 5.26. The van der Waals surface area contributed by atoms with E-state index in [1.807, 2.05) is 73.6 Å². The van der Waals surface area contributed by atoms with E-state index in [9.17, 15) is 33.9 Å². The van der Waals surface area contributed by atoms with E-state index in [1.54, 1.807) is 43.0 Å². The smallest absolute Gasteiger partial charge is 0.326 e. The third-order valence-corrected chi connectivity index (χ3v) is 12.1. The number of carbonyl (C=O) groups excluding carboxylic acids is 5. The van der Waals surface area contributed by atoms with Gasteiger partial charge in [-0.25, -0.2) is 4.79 Å².